The zero-order valence-electron chi connectivity index (χ0n) is 12.4. The van der Waals surface area contributed by atoms with Crippen LogP contribution in [-0.4, -0.2) is 61.7 Å². The van der Waals surface area contributed by atoms with E-state index in [0.29, 0.717) is 5.92 Å². The summed E-state index contributed by atoms with van der Waals surface area (Å²) in [5.74, 6) is -0.209. The molecule has 108 valence electrons. The summed E-state index contributed by atoms with van der Waals surface area (Å²) < 4.78 is 0.967. The molecule has 1 aliphatic carbocycles. The zero-order chi connectivity index (χ0) is 13.9. The molecule has 0 amide bonds. The van der Waals surface area contributed by atoms with E-state index in [-0.39, 0.29) is 5.41 Å². The zero-order valence-corrected chi connectivity index (χ0v) is 12.4. The van der Waals surface area contributed by atoms with Crippen LogP contribution in [0.5, 0.6) is 0 Å². The molecule has 0 radical (unpaired) electrons. The number of aliphatic carboxylic acids is 1. The molecule has 1 saturated carbocycles. The van der Waals surface area contributed by atoms with Gasteiger partial charge in [-0.15, -0.1) is 0 Å². The topological polar surface area (TPSA) is 43.4 Å². The predicted molar refractivity (Wildman–Crippen MR) is 71.2 cm³/mol. The van der Waals surface area contributed by atoms with Gasteiger partial charge in [0.1, 0.15) is 0 Å². The van der Waals surface area contributed by atoms with Crippen LogP contribution >= 0.6 is 0 Å². The van der Waals surface area contributed by atoms with Gasteiger partial charge in [-0.25, -0.2) is 0 Å². The van der Waals surface area contributed by atoms with E-state index < -0.39 is 11.5 Å². The maximum Gasteiger partial charge on any atom is 0.0783 e. The van der Waals surface area contributed by atoms with E-state index in [1.54, 1.807) is 0 Å². The maximum absolute atomic E-state index is 11.8. The molecule has 4 heteroatoms. The van der Waals surface area contributed by atoms with Crippen molar-refractivity contribution in [2.24, 2.45) is 11.3 Å². The van der Waals surface area contributed by atoms with Crippen LogP contribution in [0.1, 0.15) is 32.1 Å². The number of hydrogen-bond acceptors (Lipinski definition) is 3. The first-order chi connectivity index (χ1) is 8.82. The Balaban J connectivity index is 1.78. The first-order valence-corrected chi connectivity index (χ1v) is 7.59. The highest BCUT2D eigenvalue weighted by Crippen LogP contribution is 2.66. The monoisotopic (exact) mass is 266 g/mol. The molecule has 4 nitrogen and oxygen atoms in total. The summed E-state index contributed by atoms with van der Waals surface area (Å²) >= 11 is 0. The Kier molecular flexibility index (Phi) is 2.78. The molecular weight excluding hydrogens is 240 g/mol. The van der Waals surface area contributed by atoms with E-state index in [1.807, 2.05) is 0 Å². The third kappa shape index (κ3) is 1.62. The lowest BCUT2D eigenvalue weighted by atomic mass is 9.48. The minimum Gasteiger partial charge on any atom is -0.548 e. The highest BCUT2D eigenvalue weighted by molar-refractivity contribution is 5.80. The summed E-state index contributed by atoms with van der Waals surface area (Å²) in [6, 6.07) is 0. The van der Waals surface area contributed by atoms with E-state index in [1.165, 1.54) is 6.42 Å². The number of carboxylic acids is 1. The molecule has 3 rings (SSSR count). The maximum atomic E-state index is 11.8. The highest BCUT2D eigenvalue weighted by atomic mass is 16.4. The molecule has 0 aromatic rings. The van der Waals surface area contributed by atoms with Gasteiger partial charge in [-0.2, -0.15) is 0 Å². The van der Waals surface area contributed by atoms with Gasteiger partial charge in [0.25, 0.3) is 0 Å². The smallest absolute Gasteiger partial charge is 0.0783 e. The Morgan fingerprint density at radius 1 is 1.26 bits per heavy atom. The van der Waals surface area contributed by atoms with Crippen molar-refractivity contribution < 1.29 is 14.4 Å². The number of quaternary nitrogens is 1. The number of rotatable bonds is 4. The van der Waals surface area contributed by atoms with E-state index in [0.717, 1.165) is 49.8 Å². The molecular formula is C15H26N2O2. The van der Waals surface area contributed by atoms with Crippen molar-refractivity contribution in [2.75, 3.05) is 40.8 Å². The third-order valence-corrected chi connectivity index (χ3v) is 6.14. The van der Waals surface area contributed by atoms with Gasteiger partial charge in [-0.1, -0.05) is 0 Å². The van der Waals surface area contributed by atoms with Crippen molar-refractivity contribution in [3.63, 3.8) is 0 Å². The largest absolute Gasteiger partial charge is 0.548 e. The van der Waals surface area contributed by atoms with Crippen molar-refractivity contribution in [1.82, 2.24) is 4.90 Å². The standard InChI is InChI=1S/C15H26N2O2/c1-17(2,3)11-5-12-4-6-14(12)7-9-16-10-8-15(14,16)13(18)19/h12H,4-11H2,1-3H3/t12?,14?,15-/m1/s1. The summed E-state index contributed by atoms with van der Waals surface area (Å²) in [6.07, 6.45) is 5.35. The van der Waals surface area contributed by atoms with Gasteiger partial charge in [0.15, 0.2) is 0 Å². The molecule has 2 heterocycles. The fourth-order valence-electron chi connectivity index (χ4n) is 4.87. The van der Waals surface area contributed by atoms with Crippen molar-refractivity contribution in [3.8, 4) is 0 Å². The van der Waals surface area contributed by atoms with Gasteiger partial charge < -0.3 is 14.4 Å². The Morgan fingerprint density at radius 2 is 1.95 bits per heavy atom. The van der Waals surface area contributed by atoms with Crippen LogP contribution in [0.2, 0.25) is 0 Å². The van der Waals surface area contributed by atoms with Crippen molar-refractivity contribution in [1.29, 1.82) is 0 Å². The van der Waals surface area contributed by atoms with Crippen LogP contribution in [0.4, 0.5) is 0 Å². The lowest BCUT2D eigenvalue weighted by Gasteiger charge is -2.64. The average molecular weight is 266 g/mol. The lowest BCUT2D eigenvalue weighted by Crippen LogP contribution is -2.74. The molecule has 3 atom stereocenters. The van der Waals surface area contributed by atoms with Crippen molar-refractivity contribution in [3.05, 3.63) is 0 Å². The SMILES string of the molecule is C[N+](C)(C)CCC1CCC12CCN1CC[C@]12C(=O)[O-]. The average Bonchev–Trinajstić information content (AvgIpc) is 2.46. The molecule has 0 aromatic carbocycles. The fourth-order valence-corrected chi connectivity index (χ4v) is 4.87. The molecule has 0 aromatic heterocycles. The van der Waals surface area contributed by atoms with Crippen molar-refractivity contribution in [2.45, 2.75) is 37.6 Å². The minimum atomic E-state index is -0.800. The summed E-state index contributed by atoms with van der Waals surface area (Å²) in [5.41, 5.74) is -0.556. The van der Waals surface area contributed by atoms with Crippen LogP contribution in [-0.2, 0) is 4.79 Å². The van der Waals surface area contributed by atoms with Crippen LogP contribution in [0.25, 0.3) is 0 Å². The number of hydrogen-bond donors (Lipinski definition) is 0. The molecule has 19 heavy (non-hydrogen) atoms. The number of carbonyl (C=O) groups excluding carboxylic acids is 1. The Labute approximate surface area is 116 Å². The van der Waals surface area contributed by atoms with Gasteiger partial charge in [-0.05, 0) is 50.0 Å². The van der Waals surface area contributed by atoms with Gasteiger partial charge in [-0.3, -0.25) is 4.90 Å². The second-order valence-electron chi connectivity index (χ2n) is 7.83. The normalized spacial score (nSPS) is 41.7. The van der Waals surface area contributed by atoms with E-state index in [2.05, 4.69) is 26.0 Å². The molecule has 2 aliphatic heterocycles. The lowest BCUT2D eigenvalue weighted by molar-refractivity contribution is -0.871. The second kappa shape index (κ2) is 3.95. The summed E-state index contributed by atoms with van der Waals surface area (Å²) in [6.45, 7) is 3.06. The molecule has 2 saturated heterocycles. The quantitative estimate of drug-likeness (QED) is 0.677. The predicted octanol–water partition coefficient (Wildman–Crippen LogP) is 0.0772. The number of nitrogens with zero attached hydrogens (tertiary/aromatic N) is 2. The van der Waals surface area contributed by atoms with Crippen LogP contribution in [0, 0.1) is 11.3 Å². The van der Waals surface area contributed by atoms with Gasteiger partial charge in [0, 0.05) is 6.54 Å². The fraction of sp³-hybridized carbons (Fsp3) is 0.933. The number of fused-ring (bicyclic) bond motifs is 2. The molecule has 0 bridgehead atoms. The van der Waals surface area contributed by atoms with Gasteiger partial charge >= 0.3 is 0 Å². The third-order valence-electron chi connectivity index (χ3n) is 6.14. The summed E-state index contributed by atoms with van der Waals surface area (Å²) in [4.78, 5) is 14.0. The number of carboxylic acid groups (broad SMARTS) is 1. The Bertz CT molecular complexity index is 403. The second-order valence-corrected chi connectivity index (χ2v) is 7.83. The molecule has 3 aliphatic rings. The van der Waals surface area contributed by atoms with Gasteiger partial charge in [0.05, 0.1) is 39.2 Å². The molecule has 2 unspecified atom stereocenters. The first-order valence-electron chi connectivity index (χ1n) is 7.59. The Morgan fingerprint density at radius 3 is 2.37 bits per heavy atom. The first kappa shape index (κ1) is 13.4. The molecule has 3 fully saturated rings. The summed E-state index contributed by atoms with van der Waals surface area (Å²) in [7, 11) is 6.64. The minimum absolute atomic E-state index is 0.0409. The molecule has 1 spiro atoms. The number of carbonyl (C=O) groups is 1. The van der Waals surface area contributed by atoms with E-state index in [9.17, 15) is 9.90 Å². The van der Waals surface area contributed by atoms with Crippen LogP contribution in [0.3, 0.4) is 0 Å². The van der Waals surface area contributed by atoms with Crippen LogP contribution in [0.15, 0.2) is 0 Å². The highest BCUT2D eigenvalue weighted by Gasteiger charge is 2.69. The molecule has 0 N–H and O–H groups in total. The van der Waals surface area contributed by atoms with E-state index in [4.69, 9.17) is 0 Å². The Hall–Kier alpha value is -0.610. The summed E-state index contributed by atoms with van der Waals surface area (Å²) in [5, 5.41) is 11.8. The van der Waals surface area contributed by atoms with Crippen molar-refractivity contribution >= 4 is 5.97 Å². The van der Waals surface area contributed by atoms with Crippen LogP contribution < -0.4 is 5.11 Å². The van der Waals surface area contributed by atoms with Gasteiger partial charge in [0.2, 0.25) is 0 Å². The van der Waals surface area contributed by atoms with E-state index >= 15 is 0 Å².